The van der Waals surface area contributed by atoms with Crippen molar-refractivity contribution in [1.82, 2.24) is 10.2 Å². The average Bonchev–Trinajstić information content (AvgIpc) is 3.10. The molecule has 0 radical (unpaired) electrons. The van der Waals surface area contributed by atoms with Crippen LogP contribution in [0.15, 0.2) is 35.7 Å². The Morgan fingerprint density at radius 2 is 1.93 bits per heavy atom. The number of thiophene rings is 1. The van der Waals surface area contributed by atoms with Crippen molar-refractivity contribution in [1.29, 1.82) is 0 Å². The Balaban J connectivity index is 1.67. The molecular weight excluding hydrogens is 372 g/mol. The maximum absolute atomic E-state index is 12.8. The van der Waals surface area contributed by atoms with Crippen molar-refractivity contribution >= 4 is 17.2 Å². The normalized spacial score (nSPS) is 15.9. The fourth-order valence-corrected chi connectivity index (χ4v) is 4.19. The zero-order valence-electron chi connectivity index (χ0n) is 17.1. The number of nitrogens with one attached hydrogen (secondary N) is 1. The van der Waals surface area contributed by atoms with Crippen LogP contribution in [0, 0.1) is 5.92 Å². The second-order valence-corrected chi connectivity index (χ2v) is 8.63. The van der Waals surface area contributed by atoms with E-state index in [4.69, 9.17) is 9.47 Å². The molecule has 0 saturated heterocycles. The molecule has 1 N–H and O–H groups in total. The predicted molar refractivity (Wildman–Crippen MR) is 113 cm³/mol. The number of ether oxygens (including phenoxy) is 2. The molecule has 2 heterocycles. The highest BCUT2D eigenvalue weighted by Gasteiger charge is 2.23. The van der Waals surface area contributed by atoms with E-state index in [1.807, 2.05) is 31.3 Å². The van der Waals surface area contributed by atoms with Gasteiger partial charge < -0.3 is 14.8 Å². The molecule has 1 aromatic carbocycles. The van der Waals surface area contributed by atoms with Gasteiger partial charge in [-0.3, -0.25) is 9.69 Å². The second-order valence-electron chi connectivity index (χ2n) is 7.65. The molecule has 2 unspecified atom stereocenters. The molecule has 2 atom stereocenters. The van der Waals surface area contributed by atoms with E-state index in [0.717, 1.165) is 23.5 Å². The van der Waals surface area contributed by atoms with Gasteiger partial charge >= 0.3 is 0 Å². The van der Waals surface area contributed by atoms with Crippen molar-refractivity contribution in [2.45, 2.75) is 39.3 Å². The average molecular weight is 403 g/mol. The molecule has 0 spiro atoms. The molecule has 1 aliphatic heterocycles. The van der Waals surface area contributed by atoms with Crippen LogP contribution < -0.4 is 14.8 Å². The Bertz CT molecular complexity index is 776. The van der Waals surface area contributed by atoms with Crippen molar-refractivity contribution in [2.24, 2.45) is 5.92 Å². The van der Waals surface area contributed by atoms with E-state index in [-0.39, 0.29) is 23.9 Å². The Morgan fingerprint density at radius 1 is 1.18 bits per heavy atom. The highest BCUT2D eigenvalue weighted by atomic mass is 32.1. The number of rotatable bonds is 7. The fourth-order valence-electron chi connectivity index (χ4n) is 3.34. The van der Waals surface area contributed by atoms with Crippen LogP contribution in [-0.2, 0) is 4.79 Å². The first-order valence-electron chi connectivity index (χ1n) is 9.88. The van der Waals surface area contributed by atoms with Crippen LogP contribution in [0.1, 0.15) is 49.7 Å². The number of hydrogen-bond donors (Lipinski definition) is 1. The van der Waals surface area contributed by atoms with E-state index in [2.05, 4.69) is 42.4 Å². The first kappa shape index (κ1) is 20.7. The quantitative estimate of drug-likeness (QED) is 0.745. The summed E-state index contributed by atoms with van der Waals surface area (Å²) in [5.74, 6) is 1.82. The van der Waals surface area contributed by atoms with Crippen molar-refractivity contribution in [3.63, 3.8) is 0 Å². The lowest BCUT2D eigenvalue weighted by molar-refractivity contribution is -0.123. The van der Waals surface area contributed by atoms with E-state index >= 15 is 0 Å². The van der Waals surface area contributed by atoms with Gasteiger partial charge in [0, 0.05) is 17.3 Å². The van der Waals surface area contributed by atoms with Gasteiger partial charge in [0.05, 0.1) is 25.8 Å². The van der Waals surface area contributed by atoms with E-state index in [1.54, 1.807) is 11.3 Å². The number of benzene rings is 1. The molecular formula is C22H30N2O3S. The van der Waals surface area contributed by atoms with E-state index in [0.29, 0.717) is 19.8 Å². The molecule has 1 aromatic heterocycles. The number of amides is 1. The number of carbonyl (C=O) groups excluding carboxylic acids is 1. The van der Waals surface area contributed by atoms with Crippen LogP contribution in [0.4, 0.5) is 0 Å². The predicted octanol–water partition coefficient (Wildman–Crippen LogP) is 4.42. The van der Waals surface area contributed by atoms with Gasteiger partial charge in [-0.1, -0.05) is 26.0 Å². The summed E-state index contributed by atoms with van der Waals surface area (Å²) in [6.07, 6.45) is 0.878. The van der Waals surface area contributed by atoms with Crippen molar-refractivity contribution in [3.8, 4) is 11.5 Å². The molecule has 0 bridgehead atoms. The van der Waals surface area contributed by atoms with E-state index in [9.17, 15) is 4.79 Å². The first-order chi connectivity index (χ1) is 13.5. The fraction of sp³-hybridized carbons (Fsp3) is 0.500. The smallest absolute Gasteiger partial charge is 0.234 e. The largest absolute Gasteiger partial charge is 0.490 e. The molecule has 28 heavy (non-hydrogen) atoms. The maximum atomic E-state index is 12.8. The van der Waals surface area contributed by atoms with Crippen molar-refractivity contribution in [3.05, 3.63) is 46.2 Å². The van der Waals surface area contributed by atoms with Crippen molar-refractivity contribution in [2.75, 3.05) is 26.8 Å². The lowest BCUT2D eigenvalue weighted by Crippen LogP contribution is -2.39. The monoisotopic (exact) mass is 402 g/mol. The number of likely N-dealkylation sites (N-methyl/N-ethyl adjacent to an activating group) is 1. The summed E-state index contributed by atoms with van der Waals surface area (Å²) in [6, 6.07) is 10.3. The number of hydrogen-bond acceptors (Lipinski definition) is 5. The van der Waals surface area contributed by atoms with Gasteiger partial charge in [0.1, 0.15) is 0 Å². The SMILES string of the molecule is CC(C)C(NC(=O)CN(C)C(C)c1cccs1)c1ccc2c(c1)OCCCO2. The zero-order chi connectivity index (χ0) is 20.1. The lowest BCUT2D eigenvalue weighted by atomic mass is 9.95. The van der Waals surface area contributed by atoms with Crippen LogP contribution in [0.5, 0.6) is 11.5 Å². The van der Waals surface area contributed by atoms with Crippen LogP contribution in [0.3, 0.4) is 0 Å². The van der Waals surface area contributed by atoms with Crippen LogP contribution in [0.25, 0.3) is 0 Å². The summed E-state index contributed by atoms with van der Waals surface area (Å²) in [6.45, 7) is 8.04. The molecule has 0 fully saturated rings. The Labute approximate surface area is 171 Å². The van der Waals surface area contributed by atoms with Crippen LogP contribution in [0.2, 0.25) is 0 Å². The van der Waals surface area contributed by atoms with Gasteiger partial charge in [-0.25, -0.2) is 0 Å². The van der Waals surface area contributed by atoms with Crippen LogP contribution in [-0.4, -0.2) is 37.6 Å². The summed E-state index contributed by atoms with van der Waals surface area (Å²) in [7, 11) is 1.99. The minimum absolute atomic E-state index is 0.0247. The zero-order valence-corrected chi connectivity index (χ0v) is 17.9. The standard InChI is InChI=1S/C22H30N2O3S/c1-15(2)22(17-8-9-18-19(13-17)27-11-6-10-26-18)23-21(25)14-24(4)16(3)20-7-5-12-28-20/h5,7-9,12-13,15-16,22H,6,10-11,14H2,1-4H3,(H,23,25). The summed E-state index contributed by atoms with van der Waals surface area (Å²) >= 11 is 1.72. The molecule has 2 aromatic rings. The highest BCUT2D eigenvalue weighted by molar-refractivity contribution is 7.10. The summed E-state index contributed by atoms with van der Waals surface area (Å²) in [5.41, 5.74) is 1.04. The number of fused-ring (bicyclic) bond motifs is 1. The second kappa shape index (κ2) is 9.43. The summed E-state index contributed by atoms with van der Waals surface area (Å²) in [4.78, 5) is 16.1. The van der Waals surface area contributed by atoms with Gasteiger partial charge in [-0.05, 0) is 49.0 Å². The minimum atomic E-state index is -0.0740. The molecule has 1 aliphatic rings. The third-order valence-electron chi connectivity index (χ3n) is 5.12. The Hall–Kier alpha value is -2.05. The Kier molecular flexibility index (Phi) is 6.97. The molecule has 0 saturated carbocycles. The van der Waals surface area contributed by atoms with Gasteiger partial charge in [-0.2, -0.15) is 0 Å². The first-order valence-corrected chi connectivity index (χ1v) is 10.8. The van der Waals surface area contributed by atoms with Gasteiger partial charge in [-0.15, -0.1) is 11.3 Å². The Morgan fingerprint density at radius 3 is 2.61 bits per heavy atom. The molecule has 0 aliphatic carbocycles. The van der Waals surface area contributed by atoms with Crippen LogP contribution >= 0.6 is 11.3 Å². The van der Waals surface area contributed by atoms with E-state index in [1.165, 1.54) is 4.88 Å². The number of nitrogens with zero attached hydrogens (tertiary/aromatic N) is 1. The molecule has 1 amide bonds. The van der Waals surface area contributed by atoms with Gasteiger partial charge in [0.2, 0.25) is 5.91 Å². The van der Waals surface area contributed by atoms with E-state index < -0.39 is 0 Å². The maximum Gasteiger partial charge on any atom is 0.234 e. The molecule has 6 heteroatoms. The minimum Gasteiger partial charge on any atom is -0.490 e. The lowest BCUT2D eigenvalue weighted by Gasteiger charge is -2.27. The third-order valence-corrected chi connectivity index (χ3v) is 6.17. The van der Waals surface area contributed by atoms with Crippen molar-refractivity contribution < 1.29 is 14.3 Å². The summed E-state index contributed by atoms with van der Waals surface area (Å²) < 4.78 is 11.5. The third kappa shape index (κ3) is 5.06. The topological polar surface area (TPSA) is 50.8 Å². The molecule has 5 nitrogen and oxygen atoms in total. The molecule has 3 rings (SSSR count). The van der Waals surface area contributed by atoms with Gasteiger partial charge in [0.15, 0.2) is 11.5 Å². The number of carbonyl (C=O) groups is 1. The highest BCUT2D eigenvalue weighted by Crippen LogP contribution is 2.34. The van der Waals surface area contributed by atoms with Gasteiger partial charge in [0.25, 0.3) is 0 Å². The summed E-state index contributed by atoms with van der Waals surface area (Å²) in [5, 5.41) is 5.28. The molecule has 152 valence electrons.